The number of amides is 2. The molecular weight excluding hydrogens is 236 g/mol. The molecule has 3 unspecified atom stereocenters. The number of carbonyl (C=O) groups excluding carboxylic acids is 1. The Labute approximate surface area is 108 Å². The van der Waals surface area contributed by atoms with Gasteiger partial charge >= 0.3 is 12.0 Å². The summed E-state index contributed by atoms with van der Waals surface area (Å²) in [7, 11) is 1.39. The Hall–Kier alpha value is -1.30. The summed E-state index contributed by atoms with van der Waals surface area (Å²) in [6.07, 6.45) is 1.92. The summed E-state index contributed by atoms with van der Waals surface area (Å²) in [6, 6.07) is -1.49. The van der Waals surface area contributed by atoms with Gasteiger partial charge in [0.1, 0.15) is 0 Å². The van der Waals surface area contributed by atoms with Crippen LogP contribution in [0, 0.1) is 5.92 Å². The van der Waals surface area contributed by atoms with E-state index in [0.717, 1.165) is 12.8 Å². The van der Waals surface area contributed by atoms with Crippen LogP contribution in [0.3, 0.4) is 0 Å². The molecule has 0 aliphatic rings. The average molecular weight is 260 g/mol. The van der Waals surface area contributed by atoms with E-state index in [1.807, 2.05) is 6.92 Å². The van der Waals surface area contributed by atoms with Crippen LogP contribution in [0.4, 0.5) is 4.79 Å². The lowest BCUT2D eigenvalue weighted by atomic mass is 10.0. The van der Waals surface area contributed by atoms with Gasteiger partial charge in [-0.1, -0.05) is 20.3 Å². The summed E-state index contributed by atoms with van der Waals surface area (Å²) in [4.78, 5) is 22.4. The molecule has 2 amide bonds. The van der Waals surface area contributed by atoms with Crippen LogP contribution in [0.5, 0.6) is 0 Å². The molecule has 0 spiro atoms. The number of urea groups is 1. The van der Waals surface area contributed by atoms with Gasteiger partial charge in [-0.3, -0.25) is 0 Å². The van der Waals surface area contributed by atoms with Gasteiger partial charge < -0.3 is 20.5 Å². The van der Waals surface area contributed by atoms with Gasteiger partial charge in [-0.05, 0) is 19.3 Å². The van der Waals surface area contributed by atoms with Crippen molar-refractivity contribution in [2.45, 2.75) is 45.7 Å². The van der Waals surface area contributed by atoms with Crippen LogP contribution in [0.1, 0.15) is 33.6 Å². The van der Waals surface area contributed by atoms with Crippen molar-refractivity contribution in [2.24, 2.45) is 5.92 Å². The van der Waals surface area contributed by atoms with Crippen molar-refractivity contribution in [3.05, 3.63) is 0 Å². The molecule has 0 aliphatic carbocycles. The number of methoxy groups -OCH3 is 1. The van der Waals surface area contributed by atoms with Gasteiger partial charge in [0.2, 0.25) is 0 Å². The highest BCUT2D eigenvalue weighted by atomic mass is 16.5. The minimum Gasteiger partial charge on any atom is -0.480 e. The Morgan fingerprint density at radius 1 is 1.28 bits per heavy atom. The Bertz CT molecular complexity index is 271. The van der Waals surface area contributed by atoms with E-state index in [9.17, 15) is 9.59 Å². The number of carbonyl (C=O) groups is 2. The van der Waals surface area contributed by atoms with E-state index in [4.69, 9.17) is 9.84 Å². The van der Waals surface area contributed by atoms with E-state index in [2.05, 4.69) is 24.5 Å². The fourth-order valence-electron chi connectivity index (χ4n) is 1.59. The fourth-order valence-corrected chi connectivity index (χ4v) is 1.59. The second-order valence-electron chi connectivity index (χ2n) is 4.61. The normalized spacial score (nSPS) is 15.6. The van der Waals surface area contributed by atoms with Crippen molar-refractivity contribution >= 4 is 12.0 Å². The van der Waals surface area contributed by atoms with Gasteiger partial charge in [0, 0.05) is 13.2 Å². The van der Waals surface area contributed by atoms with Gasteiger partial charge in [0.15, 0.2) is 6.04 Å². The lowest BCUT2D eigenvalue weighted by Gasteiger charge is -2.20. The third kappa shape index (κ3) is 7.11. The predicted octanol–water partition coefficient (Wildman–Crippen LogP) is 1.21. The van der Waals surface area contributed by atoms with Crippen molar-refractivity contribution in [1.82, 2.24) is 10.6 Å². The minimum atomic E-state index is -1.11. The van der Waals surface area contributed by atoms with Crippen LogP contribution in [-0.2, 0) is 9.53 Å². The number of nitrogens with one attached hydrogen (secondary N) is 2. The standard InChI is InChI=1S/C12H24N2O4/c1-5-8(2)6-9(3)13-12(17)14-10(7-18-4)11(15)16/h8-10H,5-7H2,1-4H3,(H,15,16)(H2,13,14,17). The molecule has 0 aliphatic heterocycles. The second-order valence-corrected chi connectivity index (χ2v) is 4.61. The molecule has 0 fully saturated rings. The predicted molar refractivity (Wildman–Crippen MR) is 68.5 cm³/mol. The second kappa shape index (κ2) is 8.74. The summed E-state index contributed by atoms with van der Waals surface area (Å²) in [5.74, 6) is -0.587. The number of hydrogen-bond donors (Lipinski definition) is 3. The summed E-state index contributed by atoms with van der Waals surface area (Å²) >= 11 is 0. The van der Waals surface area contributed by atoms with Gasteiger partial charge in [-0.25, -0.2) is 9.59 Å². The molecule has 0 saturated heterocycles. The van der Waals surface area contributed by atoms with Crippen LogP contribution in [0.25, 0.3) is 0 Å². The molecule has 6 heteroatoms. The molecule has 18 heavy (non-hydrogen) atoms. The first kappa shape index (κ1) is 16.7. The van der Waals surface area contributed by atoms with Crippen molar-refractivity contribution < 1.29 is 19.4 Å². The van der Waals surface area contributed by atoms with E-state index in [0.29, 0.717) is 5.92 Å². The molecule has 0 aromatic rings. The van der Waals surface area contributed by atoms with Crippen LogP contribution in [0.15, 0.2) is 0 Å². The fraction of sp³-hybridized carbons (Fsp3) is 0.833. The smallest absolute Gasteiger partial charge is 0.328 e. The Morgan fingerprint density at radius 3 is 2.33 bits per heavy atom. The number of carboxylic acid groups (broad SMARTS) is 1. The number of ether oxygens (including phenoxy) is 1. The van der Waals surface area contributed by atoms with Crippen molar-refractivity contribution in [3.63, 3.8) is 0 Å². The van der Waals surface area contributed by atoms with Gasteiger partial charge in [0.05, 0.1) is 6.61 Å². The molecular formula is C12H24N2O4. The first-order valence-electron chi connectivity index (χ1n) is 6.19. The molecule has 0 bridgehead atoms. The number of aliphatic carboxylic acids is 1. The maximum atomic E-state index is 11.6. The minimum absolute atomic E-state index is 0.0111. The Kier molecular flexibility index (Phi) is 8.11. The third-order valence-electron chi connectivity index (χ3n) is 2.77. The van der Waals surface area contributed by atoms with Crippen molar-refractivity contribution in [1.29, 1.82) is 0 Å². The molecule has 0 rings (SSSR count). The van der Waals surface area contributed by atoms with E-state index in [1.165, 1.54) is 7.11 Å². The van der Waals surface area contributed by atoms with Gasteiger partial charge in [-0.2, -0.15) is 0 Å². The van der Waals surface area contributed by atoms with Crippen molar-refractivity contribution in [3.8, 4) is 0 Å². The van der Waals surface area contributed by atoms with E-state index in [1.54, 1.807) is 0 Å². The largest absolute Gasteiger partial charge is 0.480 e. The molecule has 0 aromatic carbocycles. The molecule has 0 heterocycles. The Balaban J connectivity index is 4.11. The first-order valence-corrected chi connectivity index (χ1v) is 6.19. The van der Waals surface area contributed by atoms with Crippen LogP contribution < -0.4 is 10.6 Å². The molecule has 0 saturated carbocycles. The zero-order valence-electron chi connectivity index (χ0n) is 11.5. The SMILES string of the molecule is CCC(C)CC(C)NC(=O)NC(COC)C(=O)O. The van der Waals surface area contributed by atoms with Crippen LogP contribution >= 0.6 is 0 Å². The molecule has 6 nitrogen and oxygen atoms in total. The van der Waals surface area contributed by atoms with Gasteiger partial charge in [0.25, 0.3) is 0 Å². The highest BCUT2D eigenvalue weighted by molar-refractivity contribution is 5.82. The maximum Gasteiger partial charge on any atom is 0.328 e. The average Bonchev–Trinajstić information content (AvgIpc) is 2.27. The summed E-state index contributed by atoms with van der Waals surface area (Å²) in [5.41, 5.74) is 0. The molecule has 0 radical (unpaired) electrons. The highest BCUT2D eigenvalue weighted by Gasteiger charge is 2.20. The Morgan fingerprint density at radius 2 is 1.89 bits per heavy atom. The van der Waals surface area contributed by atoms with Crippen LogP contribution in [0.2, 0.25) is 0 Å². The highest BCUT2D eigenvalue weighted by Crippen LogP contribution is 2.09. The van der Waals surface area contributed by atoms with E-state index < -0.39 is 18.0 Å². The van der Waals surface area contributed by atoms with Crippen molar-refractivity contribution in [2.75, 3.05) is 13.7 Å². The topological polar surface area (TPSA) is 87.7 Å². The quantitative estimate of drug-likeness (QED) is 0.612. The monoisotopic (exact) mass is 260 g/mol. The lowest BCUT2D eigenvalue weighted by molar-refractivity contribution is -0.140. The lowest BCUT2D eigenvalue weighted by Crippen LogP contribution is -2.50. The maximum absolute atomic E-state index is 11.6. The molecule has 0 aromatic heterocycles. The summed E-state index contributed by atoms with van der Waals surface area (Å²) in [5, 5.41) is 13.9. The van der Waals surface area contributed by atoms with Gasteiger partial charge in [-0.15, -0.1) is 0 Å². The summed E-state index contributed by atoms with van der Waals surface area (Å²) < 4.78 is 4.73. The summed E-state index contributed by atoms with van der Waals surface area (Å²) in [6.45, 7) is 6.05. The zero-order chi connectivity index (χ0) is 14.1. The third-order valence-corrected chi connectivity index (χ3v) is 2.77. The molecule has 3 atom stereocenters. The molecule has 106 valence electrons. The zero-order valence-corrected chi connectivity index (χ0v) is 11.5. The number of rotatable bonds is 8. The van der Waals surface area contributed by atoms with E-state index >= 15 is 0 Å². The number of carboxylic acids is 1. The van der Waals surface area contributed by atoms with Crippen LogP contribution in [-0.4, -0.2) is 42.9 Å². The first-order chi connectivity index (χ1) is 8.40. The number of hydrogen-bond acceptors (Lipinski definition) is 3. The van der Waals surface area contributed by atoms with E-state index in [-0.39, 0.29) is 12.6 Å². The molecule has 3 N–H and O–H groups in total.